The highest BCUT2D eigenvalue weighted by Crippen LogP contribution is 2.45. The summed E-state index contributed by atoms with van der Waals surface area (Å²) >= 11 is 0. The summed E-state index contributed by atoms with van der Waals surface area (Å²) in [5.74, 6) is -1.69. The predicted molar refractivity (Wildman–Crippen MR) is 417 cm³/mol. The molecule has 0 rings (SSSR count). The Morgan fingerprint density at radius 3 is 0.931 bits per heavy atom. The highest BCUT2D eigenvalue weighted by Gasteiger charge is 2.29. The first-order valence-electron chi connectivity index (χ1n) is 39.1. The molecule has 578 valence electrons. The summed E-state index contributed by atoms with van der Waals surface area (Å²) in [5.41, 5.74) is 0. The number of unbranched alkanes of at least 4 members (excludes halogenated alkanes) is 26. The van der Waals surface area contributed by atoms with E-state index in [-0.39, 0.29) is 19.3 Å². The average Bonchev–Trinajstić information content (AvgIpc) is 0.964. The maximum Gasteiger partial charge on any atom is 0.472 e. The standard InChI is InChI=1S/C83H140O16P2/c1-4-7-10-13-16-19-22-25-27-29-31-32-33-34-35-36-37-38-39-40-41-42-43-44-46-48-49-52-54-57-60-63-66-69-81(86)93-72-78(84)73-95-100(89,90)96-74-79(85)75-97-101(91,92)98-77-80(99-83(88)71-68-65-62-59-56-51-24-21-18-15-12-9-6-3)76-94-82(87)70-67-64-61-58-55-53-50-47-45-30-28-26-23-20-17-14-11-8-5-2/h8,11-12,15-17,19-21,24-28,31-32,34-35,45,47,53,55,61,64,78-80,84-85H,4-7,9-10,13-14,18,22-23,29-30,33,36-44,46,48-52,54,56-60,62-63,65-77H2,1-3H3,(H,89,90)(H,91,92)/b11-8-,15-12-,19-16-,20-17-,24-21-,27-25-,28-26-,32-31-,35-34-,47-45-,55-53-,64-61-. The lowest BCUT2D eigenvalue weighted by atomic mass is 10.0. The molecule has 0 saturated carbocycles. The molecular weight excluding hydrogens is 1310 g/mol. The Hall–Kier alpha value is -4.57. The molecule has 0 amide bonds. The highest BCUT2D eigenvalue weighted by molar-refractivity contribution is 7.47. The largest absolute Gasteiger partial charge is 0.472 e. The SMILES string of the molecule is CC/C=C\C/C=C\C/C=C\C/C=C\C/C=C\C/C=C\CCC(=O)OCC(COP(=O)(O)OCC(O)COP(=O)(O)OCC(O)COC(=O)CCCCCCCCCCCCCCCCCCC/C=C\C/C=C\C/C=C\C/C=C\CCCCC)OC(=O)CCCCCCC/C=C\C/C=C\CCC. The summed E-state index contributed by atoms with van der Waals surface area (Å²) < 4.78 is 60.9. The van der Waals surface area contributed by atoms with Gasteiger partial charge in [-0.25, -0.2) is 9.13 Å². The maximum atomic E-state index is 12.9. The van der Waals surface area contributed by atoms with Crippen LogP contribution in [0.1, 0.15) is 303 Å². The van der Waals surface area contributed by atoms with Gasteiger partial charge >= 0.3 is 33.6 Å². The molecule has 4 N–H and O–H groups in total. The average molecular weight is 1460 g/mol. The number of phosphoric ester groups is 2. The third-order valence-electron chi connectivity index (χ3n) is 16.0. The monoisotopic (exact) mass is 1450 g/mol. The first kappa shape index (κ1) is 96.4. The highest BCUT2D eigenvalue weighted by atomic mass is 31.2. The van der Waals surface area contributed by atoms with E-state index in [1.165, 1.54) is 116 Å². The fourth-order valence-corrected chi connectivity index (χ4v) is 11.7. The molecule has 5 unspecified atom stereocenters. The second-order valence-electron chi connectivity index (χ2n) is 25.8. The Labute approximate surface area is 613 Å². The first-order chi connectivity index (χ1) is 49.2. The fraction of sp³-hybridized carbons (Fsp3) is 0.675. The van der Waals surface area contributed by atoms with Gasteiger partial charge in [0.05, 0.1) is 26.4 Å². The summed E-state index contributed by atoms with van der Waals surface area (Å²) in [6.07, 6.45) is 92.3. The van der Waals surface area contributed by atoms with E-state index in [0.29, 0.717) is 25.7 Å². The van der Waals surface area contributed by atoms with Crippen molar-refractivity contribution in [1.29, 1.82) is 0 Å². The van der Waals surface area contributed by atoms with Crippen molar-refractivity contribution in [3.8, 4) is 0 Å². The van der Waals surface area contributed by atoms with E-state index in [1.807, 2.05) is 18.2 Å². The van der Waals surface area contributed by atoms with Crippen molar-refractivity contribution in [2.45, 2.75) is 322 Å². The molecule has 0 aromatic heterocycles. The van der Waals surface area contributed by atoms with Crippen LogP contribution in [0.2, 0.25) is 0 Å². The van der Waals surface area contributed by atoms with Gasteiger partial charge < -0.3 is 34.2 Å². The summed E-state index contributed by atoms with van der Waals surface area (Å²) in [6, 6.07) is 0. The lowest BCUT2D eigenvalue weighted by molar-refractivity contribution is -0.161. The zero-order chi connectivity index (χ0) is 73.7. The van der Waals surface area contributed by atoms with Crippen LogP contribution in [0.25, 0.3) is 0 Å². The zero-order valence-electron chi connectivity index (χ0n) is 63.0. The van der Waals surface area contributed by atoms with E-state index in [4.69, 9.17) is 32.3 Å². The molecule has 0 aliphatic carbocycles. The topological polar surface area (TPSA) is 231 Å². The molecule has 0 saturated heterocycles. The second-order valence-corrected chi connectivity index (χ2v) is 28.7. The first-order valence-corrected chi connectivity index (χ1v) is 42.1. The molecule has 0 heterocycles. The molecule has 16 nitrogen and oxygen atoms in total. The second kappa shape index (κ2) is 75.1. The molecule has 101 heavy (non-hydrogen) atoms. The molecule has 18 heteroatoms. The third-order valence-corrected chi connectivity index (χ3v) is 17.9. The van der Waals surface area contributed by atoms with Crippen LogP contribution < -0.4 is 0 Å². The minimum atomic E-state index is -4.95. The van der Waals surface area contributed by atoms with Gasteiger partial charge in [0.25, 0.3) is 0 Å². The molecule has 0 bridgehead atoms. The molecule has 0 aromatic rings. The zero-order valence-corrected chi connectivity index (χ0v) is 64.8. The van der Waals surface area contributed by atoms with Crippen LogP contribution in [0.4, 0.5) is 0 Å². The van der Waals surface area contributed by atoms with Crippen molar-refractivity contribution in [2.75, 3.05) is 39.6 Å². The Bertz CT molecular complexity index is 2420. The molecular formula is C83H140O16P2. The van der Waals surface area contributed by atoms with Crippen molar-refractivity contribution in [1.82, 2.24) is 0 Å². The minimum Gasteiger partial charge on any atom is -0.463 e. The minimum absolute atomic E-state index is 0.0384. The van der Waals surface area contributed by atoms with Gasteiger partial charge in [0.2, 0.25) is 0 Å². The number of ether oxygens (including phenoxy) is 3. The fourth-order valence-electron chi connectivity index (χ4n) is 10.1. The number of hydrogen-bond donors (Lipinski definition) is 4. The van der Waals surface area contributed by atoms with Crippen LogP contribution in [-0.4, -0.2) is 95.9 Å². The quantitative estimate of drug-likeness (QED) is 0.0146. The lowest BCUT2D eigenvalue weighted by Crippen LogP contribution is -2.30. The van der Waals surface area contributed by atoms with Gasteiger partial charge in [-0.15, -0.1) is 0 Å². The maximum absolute atomic E-state index is 12.9. The van der Waals surface area contributed by atoms with Crippen molar-refractivity contribution < 1.29 is 75.8 Å². The lowest BCUT2D eigenvalue weighted by Gasteiger charge is -2.21. The number of phosphoric acid groups is 2. The molecule has 0 radical (unpaired) electrons. The predicted octanol–water partition coefficient (Wildman–Crippen LogP) is 22.9. The number of carbonyl (C=O) groups excluding carboxylic acids is 3. The van der Waals surface area contributed by atoms with Gasteiger partial charge in [-0.05, 0) is 128 Å². The van der Waals surface area contributed by atoms with Crippen molar-refractivity contribution in [3.63, 3.8) is 0 Å². The van der Waals surface area contributed by atoms with Crippen LogP contribution in [0, 0.1) is 0 Å². The molecule has 0 spiro atoms. The Balaban J connectivity index is 4.45. The van der Waals surface area contributed by atoms with E-state index in [9.17, 15) is 43.5 Å². The van der Waals surface area contributed by atoms with Crippen molar-refractivity contribution in [3.05, 3.63) is 146 Å². The van der Waals surface area contributed by atoms with Gasteiger partial charge in [0, 0.05) is 19.3 Å². The van der Waals surface area contributed by atoms with E-state index in [1.54, 1.807) is 0 Å². The number of esters is 3. The van der Waals surface area contributed by atoms with Gasteiger partial charge in [-0.2, -0.15) is 0 Å². The number of hydrogen-bond acceptors (Lipinski definition) is 14. The van der Waals surface area contributed by atoms with E-state index >= 15 is 0 Å². The summed E-state index contributed by atoms with van der Waals surface area (Å²) in [6.45, 7) is 2.36. The van der Waals surface area contributed by atoms with Crippen LogP contribution in [0.5, 0.6) is 0 Å². The molecule has 0 aliphatic rings. The summed E-state index contributed by atoms with van der Waals surface area (Å²) in [5, 5.41) is 20.6. The van der Waals surface area contributed by atoms with Crippen molar-refractivity contribution >= 4 is 33.6 Å². The Kier molecular flexibility index (Phi) is 71.7. The van der Waals surface area contributed by atoms with Crippen LogP contribution in [0.3, 0.4) is 0 Å². The number of carbonyl (C=O) groups is 3. The smallest absolute Gasteiger partial charge is 0.463 e. The van der Waals surface area contributed by atoms with Gasteiger partial charge in [-0.1, -0.05) is 301 Å². The molecule has 0 aromatic carbocycles. The van der Waals surface area contributed by atoms with Gasteiger partial charge in [-0.3, -0.25) is 32.5 Å². The number of aliphatic hydroxyl groups excluding tert-OH is 2. The van der Waals surface area contributed by atoms with E-state index in [2.05, 4.69) is 148 Å². The normalized spacial score (nSPS) is 14.8. The summed E-state index contributed by atoms with van der Waals surface area (Å²) in [4.78, 5) is 58.5. The number of aliphatic hydroxyl groups is 2. The van der Waals surface area contributed by atoms with Crippen LogP contribution in [0.15, 0.2) is 146 Å². The van der Waals surface area contributed by atoms with Crippen molar-refractivity contribution in [2.24, 2.45) is 0 Å². The van der Waals surface area contributed by atoms with E-state index in [0.717, 1.165) is 122 Å². The Morgan fingerprint density at radius 1 is 0.287 bits per heavy atom. The summed E-state index contributed by atoms with van der Waals surface area (Å²) in [7, 11) is -9.81. The molecule has 5 atom stereocenters. The molecule has 0 aliphatic heterocycles. The Morgan fingerprint density at radius 2 is 0.564 bits per heavy atom. The van der Waals surface area contributed by atoms with Crippen LogP contribution in [-0.2, 0) is 55.8 Å². The van der Waals surface area contributed by atoms with Gasteiger partial charge in [0.1, 0.15) is 25.4 Å². The number of rotatable bonds is 73. The third kappa shape index (κ3) is 76.4. The van der Waals surface area contributed by atoms with Crippen LogP contribution >= 0.6 is 15.6 Å². The number of allylic oxidation sites excluding steroid dienone is 24. The van der Waals surface area contributed by atoms with E-state index < -0.39 is 91.5 Å². The van der Waals surface area contributed by atoms with Gasteiger partial charge in [0.15, 0.2) is 6.10 Å². The molecule has 0 fully saturated rings.